The van der Waals surface area contributed by atoms with E-state index < -0.39 is 0 Å². The molecule has 0 spiro atoms. The van der Waals surface area contributed by atoms with Crippen LogP contribution in [-0.4, -0.2) is 32.0 Å². The molecule has 0 unspecified atom stereocenters. The van der Waals surface area contributed by atoms with Gasteiger partial charge < -0.3 is 9.84 Å². The Hall–Kier alpha value is -3.94. The number of hydrogen-bond donors (Lipinski definition) is 1. The summed E-state index contributed by atoms with van der Waals surface area (Å²) in [6, 6.07) is 20.5. The number of carbonyl (C=O) groups excluding carboxylic acids is 1. The van der Waals surface area contributed by atoms with Gasteiger partial charge >= 0.3 is 5.69 Å². The molecule has 0 aliphatic carbocycles. The summed E-state index contributed by atoms with van der Waals surface area (Å²) in [6.45, 7) is 0.478. The summed E-state index contributed by atoms with van der Waals surface area (Å²) in [7, 11) is 1.67. The summed E-state index contributed by atoms with van der Waals surface area (Å²) < 4.78 is 8.06. The van der Waals surface area contributed by atoms with Gasteiger partial charge in [-0.2, -0.15) is 0 Å². The van der Waals surface area contributed by atoms with Crippen molar-refractivity contribution in [3.8, 4) is 22.7 Å². The minimum absolute atomic E-state index is 0.183. The summed E-state index contributed by atoms with van der Waals surface area (Å²) in [4.78, 5) is 24.7. The number of nitrogens with one attached hydrogen (secondary N) is 1. The molecule has 2 aromatic carbocycles. The average molecular weight is 389 g/mol. The molecule has 4 aromatic rings. The molecule has 0 atom stereocenters. The van der Waals surface area contributed by atoms with Gasteiger partial charge in [0, 0.05) is 30.8 Å². The van der Waals surface area contributed by atoms with E-state index in [0.29, 0.717) is 11.6 Å². The molecule has 0 aliphatic rings. The Bertz CT molecular complexity index is 1180. The maximum absolute atomic E-state index is 12.4. The zero-order chi connectivity index (χ0) is 20.2. The zero-order valence-electron chi connectivity index (χ0n) is 15.8. The summed E-state index contributed by atoms with van der Waals surface area (Å²) in [5.74, 6) is 0.721. The van der Waals surface area contributed by atoms with Gasteiger partial charge in [0.25, 0.3) is 5.91 Å². The Labute approximate surface area is 166 Å². The highest BCUT2D eigenvalue weighted by Crippen LogP contribution is 2.19. The van der Waals surface area contributed by atoms with Gasteiger partial charge in [-0.15, -0.1) is 5.10 Å². The molecule has 8 heteroatoms. The highest BCUT2D eigenvalue weighted by molar-refractivity contribution is 5.93. The minimum atomic E-state index is -0.372. The molecule has 0 fully saturated rings. The Kier molecular flexibility index (Phi) is 5.07. The third-order valence-electron chi connectivity index (χ3n) is 4.48. The van der Waals surface area contributed by atoms with E-state index in [1.54, 1.807) is 13.1 Å². The molecule has 4 rings (SSSR count). The van der Waals surface area contributed by atoms with Crippen LogP contribution >= 0.6 is 0 Å². The molecule has 8 nitrogen and oxygen atoms in total. The van der Waals surface area contributed by atoms with Crippen LogP contribution < -0.4 is 11.0 Å². The largest absolute Gasteiger partial charge is 0.355 e. The van der Waals surface area contributed by atoms with Crippen molar-refractivity contribution >= 4 is 5.91 Å². The predicted molar refractivity (Wildman–Crippen MR) is 107 cm³/mol. The smallest absolute Gasteiger partial charge is 0.345 e. The van der Waals surface area contributed by atoms with Crippen molar-refractivity contribution in [1.82, 2.24) is 24.8 Å². The average Bonchev–Trinajstić information content (AvgIpc) is 3.36. The third-order valence-corrected chi connectivity index (χ3v) is 4.48. The quantitative estimate of drug-likeness (QED) is 0.546. The SMILES string of the molecule is Cn1c(-c2ccccc2)nn(CCNC(=O)c2cc(-c3ccccc3)on2)c1=O. The van der Waals surface area contributed by atoms with Crippen LogP contribution in [0.5, 0.6) is 0 Å². The molecular formula is C21H19N5O3. The van der Waals surface area contributed by atoms with Gasteiger partial charge in [-0.05, 0) is 0 Å². The molecule has 2 heterocycles. The molecule has 0 radical (unpaired) electrons. The van der Waals surface area contributed by atoms with Crippen molar-refractivity contribution in [3.63, 3.8) is 0 Å². The van der Waals surface area contributed by atoms with E-state index in [4.69, 9.17) is 4.52 Å². The summed E-state index contributed by atoms with van der Waals surface area (Å²) >= 11 is 0. The lowest BCUT2D eigenvalue weighted by Crippen LogP contribution is -2.31. The monoisotopic (exact) mass is 389 g/mol. The van der Waals surface area contributed by atoms with Crippen molar-refractivity contribution in [2.75, 3.05) is 6.54 Å². The van der Waals surface area contributed by atoms with Crippen LogP contribution in [0.1, 0.15) is 10.5 Å². The second-order valence-electron chi connectivity index (χ2n) is 6.45. The molecule has 146 valence electrons. The van der Waals surface area contributed by atoms with Crippen molar-refractivity contribution in [1.29, 1.82) is 0 Å². The van der Waals surface area contributed by atoms with Gasteiger partial charge in [0.1, 0.15) is 0 Å². The highest BCUT2D eigenvalue weighted by Gasteiger charge is 2.15. The van der Waals surface area contributed by atoms with E-state index in [-0.39, 0.29) is 30.4 Å². The first kappa shape index (κ1) is 18.4. The lowest BCUT2D eigenvalue weighted by Gasteiger charge is -2.02. The number of rotatable bonds is 6. The van der Waals surface area contributed by atoms with Crippen LogP contribution in [0, 0.1) is 0 Å². The molecule has 0 bridgehead atoms. The van der Waals surface area contributed by atoms with Gasteiger partial charge in [-0.25, -0.2) is 9.48 Å². The van der Waals surface area contributed by atoms with Crippen LogP contribution in [-0.2, 0) is 13.6 Å². The fraction of sp³-hybridized carbons (Fsp3) is 0.143. The maximum Gasteiger partial charge on any atom is 0.345 e. The Morgan fingerprint density at radius 2 is 1.69 bits per heavy atom. The lowest BCUT2D eigenvalue weighted by molar-refractivity contribution is 0.0943. The topological polar surface area (TPSA) is 95.0 Å². The number of nitrogens with zero attached hydrogens (tertiary/aromatic N) is 4. The second kappa shape index (κ2) is 7.97. The lowest BCUT2D eigenvalue weighted by atomic mass is 10.1. The third kappa shape index (κ3) is 3.86. The van der Waals surface area contributed by atoms with Crippen LogP contribution in [0.3, 0.4) is 0 Å². The summed E-state index contributed by atoms with van der Waals surface area (Å²) in [5, 5.41) is 10.9. The van der Waals surface area contributed by atoms with Crippen molar-refractivity contribution < 1.29 is 9.32 Å². The van der Waals surface area contributed by atoms with Crippen molar-refractivity contribution in [2.45, 2.75) is 6.54 Å². The molecule has 0 aliphatic heterocycles. The van der Waals surface area contributed by atoms with Crippen molar-refractivity contribution in [2.24, 2.45) is 7.05 Å². The van der Waals surface area contributed by atoms with Crippen molar-refractivity contribution in [3.05, 3.63) is 82.9 Å². The first-order valence-electron chi connectivity index (χ1n) is 9.13. The summed E-state index contributed by atoms with van der Waals surface area (Å²) in [5.41, 5.74) is 1.63. The number of aromatic nitrogens is 4. The number of benzene rings is 2. The maximum atomic E-state index is 12.4. The van der Waals surface area contributed by atoms with Gasteiger partial charge in [0.2, 0.25) is 0 Å². The molecule has 29 heavy (non-hydrogen) atoms. The van der Waals surface area contributed by atoms with Gasteiger partial charge in [0.15, 0.2) is 17.3 Å². The summed E-state index contributed by atoms with van der Waals surface area (Å²) in [6.07, 6.45) is 0. The second-order valence-corrected chi connectivity index (χ2v) is 6.45. The molecule has 0 saturated carbocycles. The van der Waals surface area contributed by atoms with E-state index in [1.807, 2.05) is 60.7 Å². The zero-order valence-corrected chi connectivity index (χ0v) is 15.8. The molecule has 2 aromatic heterocycles. The molecular weight excluding hydrogens is 370 g/mol. The van der Waals surface area contributed by atoms with Gasteiger partial charge in [0.05, 0.1) is 6.54 Å². The first-order valence-corrected chi connectivity index (χ1v) is 9.13. The first-order chi connectivity index (χ1) is 14.1. The number of carbonyl (C=O) groups is 1. The minimum Gasteiger partial charge on any atom is -0.355 e. The molecule has 1 amide bonds. The predicted octanol–water partition coefficient (Wildman–Crippen LogP) is 2.33. The Balaban J connectivity index is 1.40. The van der Waals surface area contributed by atoms with Gasteiger partial charge in [-0.1, -0.05) is 65.8 Å². The van der Waals surface area contributed by atoms with Crippen LogP contribution in [0.15, 0.2) is 76.0 Å². The molecule has 0 saturated heterocycles. The van der Waals surface area contributed by atoms with Crippen LogP contribution in [0.4, 0.5) is 0 Å². The van der Waals surface area contributed by atoms with E-state index in [9.17, 15) is 9.59 Å². The Morgan fingerprint density at radius 3 is 2.38 bits per heavy atom. The number of amides is 1. The standard InChI is InChI=1S/C21H19N5O3/c1-25-19(16-10-6-3-7-11-16)23-26(21(25)28)13-12-22-20(27)17-14-18(29-24-17)15-8-4-2-5-9-15/h2-11,14H,12-13H2,1H3,(H,22,27). The van der Waals surface area contributed by atoms with Gasteiger partial charge in [-0.3, -0.25) is 9.36 Å². The van der Waals surface area contributed by atoms with E-state index in [2.05, 4.69) is 15.6 Å². The normalized spacial score (nSPS) is 10.8. The Morgan fingerprint density at radius 1 is 1.03 bits per heavy atom. The molecule has 1 N–H and O–H groups in total. The van der Waals surface area contributed by atoms with Crippen LogP contribution in [0.2, 0.25) is 0 Å². The van der Waals surface area contributed by atoms with E-state index >= 15 is 0 Å². The fourth-order valence-electron chi connectivity index (χ4n) is 2.96. The van der Waals surface area contributed by atoms with E-state index in [1.165, 1.54) is 9.25 Å². The van der Waals surface area contributed by atoms with Crippen LogP contribution in [0.25, 0.3) is 22.7 Å². The fourth-order valence-corrected chi connectivity index (χ4v) is 2.96. The van der Waals surface area contributed by atoms with E-state index in [0.717, 1.165) is 11.1 Å². The number of hydrogen-bond acceptors (Lipinski definition) is 5. The highest BCUT2D eigenvalue weighted by atomic mass is 16.5.